The van der Waals surface area contributed by atoms with Crippen LogP contribution in [0.2, 0.25) is 0 Å². The maximum Gasteiger partial charge on any atom is 0.145 e. The van der Waals surface area contributed by atoms with E-state index in [4.69, 9.17) is 4.42 Å². The quantitative estimate of drug-likeness (QED) is 0.151. The number of thiophene rings is 1. The van der Waals surface area contributed by atoms with E-state index < -0.39 is 0 Å². The normalized spacial score (nSPS) is 12.1. The Kier molecular flexibility index (Phi) is 14.6. The van der Waals surface area contributed by atoms with Crippen LogP contribution in [0.25, 0.3) is 97.4 Å². The van der Waals surface area contributed by atoms with E-state index in [0.29, 0.717) is 0 Å². The van der Waals surface area contributed by atoms with Crippen LogP contribution < -0.4 is 4.90 Å². The summed E-state index contributed by atoms with van der Waals surface area (Å²) in [6.45, 7) is 10.2. The van der Waals surface area contributed by atoms with Crippen molar-refractivity contribution in [1.82, 2.24) is 4.57 Å². The minimum absolute atomic E-state index is 0.906. The maximum atomic E-state index is 7.05. The molecule has 0 bridgehead atoms. The summed E-state index contributed by atoms with van der Waals surface area (Å²) in [5.41, 5.74) is 17.6. The predicted octanol–water partition coefficient (Wildman–Crippen LogP) is 21.6. The van der Waals surface area contributed by atoms with Gasteiger partial charge in [-0.05, 0) is 119 Å². The Morgan fingerprint density at radius 3 is 1.67 bits per heavy atom. The second-order valence-electron chi connectivity index (χ2n) is 18.6. The third-order valence-electron chi connectivity index (χ3n) is 14.4. The fraction of sp³-hybridized carbons (Fsp3) is 0.111. The second-order valence-corrected chi connectivity index (χ2v) is 19.6. The summed E-state index contributed by atoms with van der Waals surface area (Å²) in [4.78, 5) is 2.44. The van der Waals surface area contributed by atoms with Crippen LogP contribution in [0.3, 0.4) is 0 Å². The highest BCUT2D eigenvalue weighted by molar-refractivity contribution is 7.26. The summed E-state index contributed by atoms with van der Waals surface area (Å²) < 4.78 is 12.1. The van der Waals surface area contributed by atoms with Gasteiger partial charge in [-0.15, -0.1) is 11.3 Å². The van der Waals surface area contributed by atoms with Crippen LogP contribution in [0.15, 0.2) is 259 Å². The number of allylic oxidation sites excluding steroid dienone is 4. The van der Waals surface area contributed by atoms with Gasteiger partial charge in [0.05, 0.1) is 16.4 Å². The van der Waals surface area contributed by atoms with E-state index in [1.807, 2.05) is 45.1 Å². The molecule has 0 spiro atoms. The molecule has 13 aromatic rings. The van der Waals surface area contributed by atoms with Crippen molar-refractivity contribution in [2.24, 2.45) is 0 Å². The van der Waals surface area contributed by atoms with Gasteiger partial charge in [0.2, 0.25) is 0 Å². The fourth-order valence-electron chi connectivity index (χ4n) is 10.8. The number of hydrogen-bond donors (Lipinski definition) is 0. The summed E-state index contributed by atoms with van der Waals surface area (Å²) in [6.07, 6.45) is 7.72. The average molecular weight is 1000 g/mol. The van der Waals surface area contributed by atoms with Crippen molar-refractivity contribution in [3.05, 3.63) is 266 Å². The molecule has 0 saturated carbocycles. The molecule has 4 heteroatoms. The molecule has 0 unspecified atom stereocenters. The van der Waals surface area contributed by atoms with E-state index in [1.54, 1.807) is 0 Å². The third-order valence-corrected chi connectivity index (χ3v) is 15.6. The molecule has 1 aliphatic carbocycles. The average Bonchev–Trinajstić information content (AvgIpc) is 4.27. The number of anilines is 2. The Hall–Kier alpha value is -8.70. The first kappa shape index (κ1) is 49.5. The van der Waals surface area contributed by atoms with Gasteiger partial charge in [0.1, 0.15) is 11.2 Å². The molecule has 0 amide bonds. The number of para-hydroxylation sites is 3. The van der Waals surface area contributed by atoms with Crippen molar-refractivity contribution in [2.75, 3.05) is 4.90 Å². The molecule has 372 valence electrons. The van der Waals surface area contributed by atoms with Crippen molar-refractivity contribution in [3.63, 3.8) is 0 Å². The van der Waals surface area contributed by atoms with E-state index >= 15 is 0 Å². The number of furan rings is 1. The number of rotatable bonds is 8. The Bertz CT molecular complexity index is 4160. The molecule has 14 rings (SSSR count). The molecule has 0 atom stereocenters. The van der Waals surface area contributed by atoms with Crippen LogP contribution in [0.5, 0.6) is 0 Å². The maximum absolute atomic E-state index is 7.05. The lowest BCUT2D eigenvalue weighted by molar-refractivity contribution is 0.674. The van der Waals surface area contributed by atoms with Gasteiger partial charge in [0, 0.05) is 64.7 Å². The summed E-state index contributed by atoms with van der Waals surface area (Å²) in [7, 11) is 0. The van der Waals surface area contributed by atoms with E-state index in [-0.39, 0.29) is 0 Å². The minimum atomic E-state index is 0.906. The highest BCUT2D eigenvalue weighted by atomic mass is 32.1. The Morgan fingerprint density at radius 1 is 0.434 bits per heavy atom. The lowest BCUT2D eigenvalue weighted by Crippen LogP contribution is -2.17. The lowest BCUT2D eigenvalue weighted by Gasteiger charge is -2.30. The molecular weight excluding hydrogens is 941 g/mol. The minimum Gasteiger partial charge on any atom is -0.455 e. The molecule has 0 aliphatic heterocycles. The zero-order valence-electron chi connectivity index (χ0n) is 44.0. The van der Waals surface area contributed by atoms with Crippen molar-refractivity contribution in [1.29, 1.82) is 0 Å². The number of aromatic nitrogens is 1. The zero-order chi connectivity index (χ0) is 52.0. The zero-order valence-corrected chi connectivity index (χ0v) is 44.8. The largest absolute Gasteiger partial charge is 0.455 e. The summed E-state index contributed by atoms with van der Waals surface area (Å²) in [5.74, 6) is 0. The van der Waals surface area contributed by atoms with Crippen LogP contribution >= 0.6 is 11.3 Å². The Balaban J connectivity index is 0.000000464. The lowest BCUT2D eigenvalue weighted by atomic mass is 9.93. The Morgan fingerprint density at radius 2 is 1.00 bits per heavy atom. The highest BCUT2D eigenvalue weighted by Gasteiger charge is 2.23. The van der Waals surface area contributed by atoms with Gasteiger partial charge in [-0.2, -0.15) is 0 Å². The monoisotopic (exact) mass is 1000 g/mol. The molecule has 1 aliphatic rings. The molecule has 0 radical (unpaired) electrons. The van der Waals surface area contributed by atoms with Crippen molar-refractivity contribution >= 4 is 92.2 Å². The van der Waals surface area contributed by atoms with E-state index in [9.17, 15) is 0 Å². The van der Waals surface area contributed by atoms with Crippen LogP contribution in [0.1, 0.15) is 58.6 Å². The first-order valence-corrected chi connectivity index (χ1v) is 27.8. The summed E-state index contributed by atoms with van der Waals surface area (Å²) in [5, 5.41) is 7.26. The van der Waals surface area contributed by atoms with Gasteiger partial charge in [-0.25, -0.2) is 0 Å². The van der Waals surface area contributed by atoms with E-state index in [0.717, 1.165) is 80.3 Å². The van der Waals surface area contributed by atoms with Crippen molar-refractivity contribution in [3.8, 4) is 27.9 Å². The molecule has 76 heavy (non-hydrogen) atoms. The predicted molar refractivity (Wildman–Crippen MR) is 331 cm³/mol. The summed E-state index contributed by atoms with van der Waals surface area (Å²) in [6, 6.07) is 85.0. The number of nitrogens with zero attached hydrogens (tertiary/aromatic N) is 2. The smallest absolute Gasteiger partial charge is 0.145 e. The Labute approximate surface area is 450 Å². The van der Waals surface area contributed by atoms with Crippen LogP contribution in [-0.4, -0.2) is 4.57 Å². The van der Waals surface area contributed by atoms with E-state index in [1.165, 1.54) is 64.6 Å². The van der Waals surface area contributed by atoms with Gasteiger partial charge in [0.15, 0.2) is 0 Å². The van der Waals surface area contributed by atoms with Crippen molar-refractivity contribution < 1.29 is 4.42 Å². The van der Waals surface area contributed by atoms with E-state index in [2.05, 4.69) is 259 Å². The third kappa shape index (κ3) is 9.31. The first-order chi connectivity index (χ1) is 37.7. The topological polar surface area (TPSA) is 21.3 Å². The number of hydrogen-bond acceptors (Lipinski definition) is 3. The van der Waals surface area contributed by atoms with Crippen molar-refractivity contribution in [2.45, 2.75) is 53.9 Å². The number of fused-ring (bicyclic) bond motifs is 10. The molecule has 0 N–H and O–H groups in total. The molecule has 0 fully saturated rings. The molecular formula is C72H62N2OS. The SMILES string of the molecule is C1=C(c2cccc3c2sc2ccccc23)CCC(N(c2ccc(-c3ccccc3)cc2)c2ccc(-c3cccc4c3oc3c4ccc4c3c3ccccc3n4-c3ccccc3)cc2)=C1.CC.CC.CCc1ccccc1. The number of aryl methyl sites for hydroxylation is 1. The summed E-state index contributed by atoms with van der Waals surface area (Å²) >= 11 is 1.90. The first-order valence-electron chi connectivity index (χ1n) is 27.0. The molecule has 3 nitrogen and oxygen atoms in total. The molecule has 3 heterocycles. The molecule has 0 saturated heterocycles. The van der Waals surface area contributed by atoms with Gasteiger partial charge < -0.3 is 13.9 Å². The second kappa shape index (κ2) is 22.4. The van der Waals surface area contributed by atoms with Gasteiger partial charge in [-0.1, -0.05) is 217 Å². The van der Waals surface area contributed by atoms with Crippen LogP contribution in [0.4, 0.5) is 11.4 Å². The highest BCUT2D eigenvalue weighted by Crippen LogP contribution is 2.45. The van der Waals surface area contributed by atoms with Gasteiger partial charge >= 0.3 is 0 Å². The molecule has 10 aromatic carbocycles. The van der Waals surface area contributed by atoms with Crippen LogP contribution in [0, 0.1) is 0 Å². The van der Waals surface area contributed by atoms with Gasteiger partial charge in [0.25, 0.3) is 0 Å². The fourth-order valence-corrected chi connectivity index (χ4v) is 12.1. The van der Waals surface area contributed by atoms with Gasteiger partial charge in [-0.3, -0.25) is 0 Å². The van der Waals surface area contributed by atoms with Crippen LogP contribution in [-0.2, 0) is 6.42 Å². The molecule has 3 aromatic heterocycles. The standard InChI is InChI=1S/C60H40N2OS.C8H10.2C2H6/c1-3-13-39(14-4-1)40-25-31-44(32-26-40)61(46-35-29-42(30-36-46)48-20-12-22-52-49-17-8-10-24-56(49)64-60(48)52)45-33-27-41(28-34-45)47-19-11-21-50-51-37-38-55-57(59(51)63-58(47)50)53-18-7-9-23-54(53)62(55)43-15-5-2-6-16-43;1-2-8-6-4-3-5-7-8;2*1-2/h1-29,31-35,37-38H,30,36H2;3-7H,2H2,1H3;2*1-2H3. The number of benzene rings is 10.